The van der Waals surface area contributed by atoms with E-state index < -0.39 is 0 Å². The van der Waals surface area contributed by atoms with Crippen LogP contribution in [-0.2, 0) is 0 Å². The van der Waals surface area contributed by atoms with Crippen LogP contribution in [0.2, 0.25) is 0 Å². The summed E-state index contributed by atoms with van der Waals surface area (Å²) in [6.45, 7) is 2.07. The van der Waals surface area contributed by atoms with E-state index in [4.69, 9.17) is 4.74 Å². The Hall–Kier alpha value is -1.52. The number of ether oxygens (including phenoxy) is 1. The van der Waals surface area contributed by atoms with E-state index in [0.717, 1.165) is 5.75 Å². The van der Waals surface area contributed by atoms with Gasteiger partial charge in [-0.3, -0.25) is 0 Å². The Bertz CT molecular complexity index is 586. The summed E-state index contributed by atoms with van der Waals surface area (Å²) in [5.74, 6) is 0.751. The Morgan fingerprint density at radius 1 is 1.19 bits per heavy atom. The van der Waals surface area contributed by atoms with Crippen molar-refractivity contribution in [3.63, 3.8) is 0 Å². The normalized spacial score (nSPS) is 12.2. The van der Waals surface area contributed by atoms with Crippen LogP contribution in [0.25, 0.3) is 0 Å². The molecule has 0 aliphatic rings. The van der Waals surface area contributed by atoms with E-state index in [1.54, 1.807) is 23.9 Å². The summed E-state index contributed by atoms with van der Waals surface area (Å²) < 4.78 is 19.4. The Morgan fingerprint density at radius 3 is 2.52 bits per heavy atom. The molecule has 1 atom stereocenters. The van der Waals surface area contributed by atoms with E-state index in [0.29, 0.717) is 5.56 Å². The van der Waals surface area contributed by atoms with Crippen LogP contribution < -0.4 is 10.1 Å². The zero-order chi connectivity index (χ0) is 15.2. The highest BCUT2D eigenvalue weighted by Crippen LogP contribution is 2.29. The predicted octanol–water partition coefficient (Wildman–Crippen LogP) is 4.20. The number of nitrogens with one attached hydrogen (secondary N) is 1. The zero-order valence-corrected chi connectivity index (χ0v) is 13.3. The average Bonchev–Trinajstić information content (AvgIpc) is 2.51. The number of hydrogen-bond donors (Lipinski definition) is 1. The van der Waals surface area contributed by atoms with Crippen LogP contribution in [0.4, 0.5) is 4.39 Å². The summed E-state index contributed by atoms with van der Waals surface area (Å²) in [7, 11) is 3.33. The first-order chi connectivity index (χ1) is 10.2. The van der Waals surface area contributed by atoms with Gasteiger partial charge in [-0.15, -0.1) is 11.8 Å². The van der Waals surface area contributed by atoms with E-state index in [-0.39, 0.29) is 17.6 Å². The molecule has 2 aromatic rings. The van der Waals surface area contributed by atoms with E-state index in [9.17, 15) is 4.39 Å². The maximum Gasteiger partial charge on any atom is 0.169 e. The number of hydrogen-bond acceptors (Lipinski definition) is 3. The van der Waals surface area contributed by atoms with Crippen LogP contribution in [0, 0.1) is 12.7 Å². The van der Waals surface area contributed by atoms with E-state index in [1.807, 2.05) is 13.1 Å². The lowest BCUT2D eigenvalue weighted by Crippen LogP contribution is -2.20. The van der Waals surface area contributed by atoms with Gasteiger partial charge < -0.3 is 10.1 Å². The highest BCUT2D eigenvalue weighted by atomic mass is 32.2. The van der Waals surface area contributed by atoms with Gasteiger partial charge in [0.1, 0.15) is 0 Å². The van der Waals surface area contributed by atoms with E-state index >= 15 is 0 Å². The molecule has 1 N–H and O–H groups in total. The van der Waals surface area contributed by atoms with Gasteiger partial charge in [0.15, 0.2) is 11.6 Å². The minimum Gasteiger partial charge on any atom is -0.494 e. The first-order valence-electron chi connectivity index (χ1n) is 6.85. The molecule has 0 bridgehead atoms. The van der Waals surface area contributed by atoms with Crippen molar-refractivity contribution in [1.82, 2.24) is 5.32 Å². The van der Waals surface area contributed by atoms with Crippen LogP contribution in [0.15, 0.2) is 47.4 Å². The minimum absolute atomic E-state index is 0.0635. The number of halogens is 1. The molecule has 0 saturated carbocycles. The molecule has 2 nitrogen and oxygen atoms in total. The lowest BCUT2D eigenvalue weighted by Gasteiger charge is -2.18. The summed E-state index contributed by atoms with van der Waals surface area (Å²) in [6.07, 6.45) is 0. The number of rotatable bonds is 6. The third-order valence-electron chi connectivity index (χ3n) is 3.37. The van der Waals surface area contributed by atoms with Crippen LogP contribution in [0.5, 0.6) is 5.75 Å². The highest BCUT2D eigenvalue weighted by molar-refractivity contribution is 7.99. The smallest absolute Gasteiger partial charge is 0.169 e. The van der Waals surface area contributed by atoms with Crippen molar-refractivity contribution in [2.24, 2.45) is 0 Å². The van der Waals surface area contributed by atoms with Gasteiger partial charge in [-0.05, 0) is 32.2 Å². The number of thioether (sulfide) groups is 1. The van der Waals surface area contributed by atoms with Gasteiger partial charge in [-0.1, -0.05) is 29.8 Å². The largest absolute Gasteiger partial charge is 0.494 e. The fourth-order valence-electron chi connectivity index (χ4n) is 2.10. The molecule has 21 heavy (non-hydrogen) atoms. The second-order valence-electron chi connectivity index (χ2n) is 4.83. The van der Waals surface area contributed by atoms with Gasteiger partial charge in [0.25, 0.3) is 0 Å². The van der Waals surface area contributed by atoms with Crippen molar-refractivity contribution < 1.29 is 9.13 Å². The van der Waals surface area contributed by atoms with Crippen molar-refractivity contribution in [2.75, 3.05) is 19.9 Å². The maximum atomic E-state index is 14.3. The first kappa shape index (κ1) is 15.9. The molecule has 0 saturated heterocycles. The van der Waals surface area contributed by atoms with Crippen LogP contribution in [-0.4, -0.2) is 19.9 Å². The third-order valence-corrected chi connectivity index (χ3v) is 4.48. The molecule has 1 unspecified atom stereocenters. The zero-order valence-electron chi connectivity index (χ0n) is 12.5. The number of aryl methyl sites for hydroxylation is 1. The van der Waals surface area contributed by atoms with Gasteiger partial charge in [0.2, 0.25) is 0 Å². The molecule has 112 valence electrons. The second-order valence-corrected chi connectivity index (χ2v) is 5.92. The Kier molecular flexibility index (Phi) is 5.65. The Labute approximate surface area is 129 Å². The summed E-state index contributed by atoms with van der Waals surface area (Å²) in [5.41, 5.74) is 1.87. The standard InChI is InChI=1S/C17H20FNOS/c1-12-7-9-13(10-8-12)21-11-15(19-2)14-5-4-6-16(20-3)17(14)18/h4-10,15,19H,11H2,1-3H3. The molecule has 0 fully saturated rings. The predicted molar refractivity (Wildman–Crippen MR) is 86.7 cm³/mol. The van der Waals surface area contributed by atoms with Crippen LogP contribution in [0.1, 0.15) is 17.2 Å². The summed E-state index contributed by atoms with van der Waals surface area (Å²) in [5, 5.41) is 3.18. The summed E-state index contributed by atoms with van der Waals surface area (Å²) >= 11 is 1.71. The molecular formula is C17H20FNOS. The van der Waals surface area contributed by atoms with Gasteiger partial charge in [0.05, 0.1) is 7.11 Å². The molecule has 4 heteroatoms. The van der Waals surface area contributed by atoms with Gasteiger partial charge in [-0.2, -0.15) is 0 Å². The lowest BCUT2D eigenvalue weighted by molar-refractivity contribution is 0.381. The van der Waals surface area contributed by atoms with E-state index in [2.05, 4.69) is 36.5 Å². The van der Waals surface area contributed by atoms with Crippen molar-refractivity contribution in [3.05, 3.63) is 59.4 Å². The quantitative estimate of drug-likeness (QED) is 0.808. The summed E-state index contributed by atoms with van der Waals surface area (Å²) in [6, 6.07) is 13.5. The molecule has 0 heterocycles. The van der Waals surface area contributed by atoms with Crippen molar-refractivity contribution in [3.8, 4) is 5.75 Å². The fourth-order valence-corrected chi connectivity index (χ4v) is 3.13. The van der Waals surface area contributed by atoms with E-state index in [1.165, 1.54) is 17.6 Å². The summed E-state index contributed by atoms with van der Waals surface area (Å²) in [4.78, 5) is 1.18. The fraction of sp³-hybridized carbons (Fsp3) is 0.294. The Morgan fingerprint density at radius 2 is 1.90 bits per heavy atom. The molecule has 0 aliphatic carbocycles. The van der Waals surface area contributed by atoms with Crippen molar-refractivity contribution >= 4 is 11.8 Å². The minimum atomic E-state index is -0.288. The van der Waals surface area contributed by atoms with Crippen molar-refractivity contribution in [1.29, 1.82) is 0 Å². The molecule has 0 spiro atoms. The molecule has 0 radical (unpaired) electrons. The highest BCUT2D eigenvalue weighted by Gasteiger charge is 2.17. The SMILES string of the molecule is CNC(CSc1ccc(C)cc1)c1cccc(OC)c1F. The molecule has 0 aliphatic heterocycles. The van der Waals surface area contributed by atoms with Gasteiger partial charge >= 0.3 is 0 Å². The van der Waals surface area contributed by atoms with Crippen molar-refractivity contribution in [2.45, 2.75) is 17.9 Å². The molecule has 2 aromatic carbocycles. The molecular weight excluding hydrogens is 285 g/mol. The average molecular weight is 305 g/mol. The maximum absolute atomic E-state index is 14.3. The Balaban J connectivity index is 2.11. The molecule has 0 aromatic heterocycles. The van der Waals surface area contributed by atoms with Crippen LogP contribution >= 0.6 is 11.8 Å². The molecule has 0 amide bonds. The third kappa shape index (κ3) is 3.99. The topological polar surface area (TPSA) is 21.3 Å². The van der Waals surface area contributed by atoms with Gasteiger partial charge in [0, 0.05) is 22.3 Å². The second kappa shape index (κ2) is 7.48. The number of methoxy groups -OCH3 is 1. The lowest BCUT2D eigenvalue weighted by atomic mass is 10.1. The van der Waals surface area contributed by atoms with Crippen LogP contribution in [0.3, 0.4) is 0 Å². The molecule has 2 rings (SSSR count). The van der Waals surface area contributed by atoms with Gasteiger partial charge in [-0.25, -0.2) is 4.39 Å². The number of benzene rings is 2. The first-order valence-corrected chi connectivity index (χ1v) is 7.83. The monoisotopic (exact) mass is 305 g/mol.